The number of pyridine rings is 1. The van der Waals surface area contributed by atoms with Crippen LogP contribution in [0.1, 0.15) is 11.3 Å². The first-order valence-corrected chi connectivity index (χ1v) is 10.6. The van der Waals surface area contributed by atoms with Crippen molar-refractivity contribution >= 4 is 23.6 Å². The zero-order chi connectivity index (χ0) is 23.4. The smallest absolute Gasteiger partial charge is 0.322 e. The number of carbonyl (C=O) groups excluding carboxylic acids is 1. The average molecular weight is 462 g/mol. The second kappa shape index (κ2) is 9.75. The standard InChI is InChI=1S/C25H21ClFN5O/c1-16-11-18(13-19(26)12-16)22-14-29-24(30-23(22)17-6-8-20(27)9-7-17)31-25(33)32(2)15-21-5-3-4-10-28-21/h3-14H,15H2,1-2H3,(H,29,30,31,33). The predicted octanol–water partition coefficient (Wildman–Crippen LogP) is 5.97. The summed E-state index contributed by atoms with van der Waals surface area (Å²) in [5, 5.41) is 3.31. The minimum Gasteiger partial charge on any atom is -0.322 e. The minimum atomic E-state index is -0.378. The van der Waals surface area contributed by atoms with Gasteiger partial charge in [0.2, 0.25) is 5.95 Å². The summed E-state index contributed by atoms with van der Waals surface area (Å²) < 4.78 is 13.5. The molecule has 0 spiro atoms. The van der Waals surface area contributed by atoms with Crippen molar-refractivity contribution in [3.63, 3.8) is 0 Å². The van der Waals surface area contributed by atoms with Crippen LogP contribution in [-0.2, 0) is 6.54 Å². The molecule has 0 atom stereocenters. The zero-order valence-corrected chi connectivity index (χ0v) is 18.8. The molecular weight excluding hydrogens is 441 g/mol. The molecule has 2 aromatic heterocycles. The van der Waals surface area contributed by atoms with Gasteiger partial charge in [0.15, 0.2) is 0 Å². The summed E-state index contributed by atoms with van der Waals surface area (Å²) in [5.41, 5.74) is 4.51. The molecule has 0 unspecified atom stereocenters. The van der Waals surface area contributed by atoms with Gasteiger partial charge in [-0.1, -0.05) is 23.7 Å². The zero-order valence-electron chi connectivity index (χ0n) is 18.1. The molecule has 1 N–H and O–H groups in total. The Morgan fingerprint density at radius 1 is 1.06 bits per heavy atom. The van der Waals surface area contributed by atoms with E-state index in [2.05, 4.69) is 20.3 Å². The number of aryl methyl sites for hydroxylation is 1. The van der Waals surface area contributed by atoms with Crippen LogP contribution in [0.3, 0.4) is 0 Å². The van der Waals surface area contributed by atoms with Crippen molar-refractivity contribution in [3.8, 4) is 22.4 Å². The fraction of sp³-hybridized carbons (Fsp3) is 0.120. The normalized spacial score (nSPS) is 10.7. The summed E-state index contributed by atoms with van der Waals surface area (Å²) in [5.74, 6) is -0.215. The summed E-state index contributed by atoms with van der Waals surface area (Å²) in [7, 11) is 1.66. The third kappa shape index (κ3) is 5.51. The van der Waals surface area contributed by atoms with Gasteiger partial charge in [-0.15, -0.1) is 0 Å². The third-order valence-corrected chi connectivity index (χ3v) is 5.17. The Morgan fingerprint density at radius 2 is 1.85 bits per heavy atom. The minimum absolute atomic E-state index is 0.134. The van der Waals surface area contributed by atoms with Gasteiger partial charge in [0, 0.05) is 35.6 Å². The molecular formula is C25H21ClFN5O. The summed E-state index contributed by atoms with van der Waals surface area (Å²) >= 11 is 6.26. The SMILES string of the molecule is Cc1cc(Cl)cc(-c2cnc(NC(=O)N(C)Cc3ccccn3)nc2-c2ccc(F)cc2)c1. The number of halogens is 2. The van der Waals surface area contributed by atoms with Crippen molar-refractivity contribution < 1.29 is 9.18 Å². The lowest BCUT2D eigenvalue weighted by Gasteiger charge is -2.18. The number of nitrogens with zero attached hydrogens (tertiary/aromatic N) is 4. The molecule has 166 valence electrons. The molecule has 33 heavy (non-hydrogen) atoms. The maximum absolute atomic E-state index is 13.5. The molecule has 0 radical (unpaired) electrons. The molecule has 2 amide bonds. The fourth-order valence-corrected chi connectivity index (χ4v) is 3.66. The van der Waals surface area contributed by atoms with Crippen molar-refractivity contribution in [2.24, 2.45) is 0 Å². The highest BCUT2D eigenvalue weighted by Gasteiger charge is 2.16. The summed E-state index contributed by atoms with van der Waals surface area (Å²) in [4.78, 5) is 27.3. The topological polar surface area (TPSA) is 71.0 Å². The van der Waals surface area contributed by atoms with Crippen molar-refractivity contribution in [1.82, 2.24) is 19.9 Å². The van der Waals surface area contributed by atoms with Crippen LogP contribution in [0.2, 0.25) is 5.02 Å². The second-order valence-electron chi connectivity index (χ2n) is 7.59. The van der Waals surface area contributed by atoms with E-state index in [1.54, 1.807) is 31.6 Å². The fourth-order valence-electron chi connectivity index (χ4n) is 3.37. The predicted molar refractivity (Wildman–Crippen MR) is 127 cm³/mol. The highest BCUT2D eigenvalue weighted by Crippen LogP contribution is 2.33. The Balaban J connectivity index is 1.66. The number of hydrogen-bond donors (Lipinski definition) is 1. The second-order valence-corrected chi connectivity index (χ2v) is 8.02. The van der Waals surface area contributed by atoms with Gasteiger partial charge in [0.25, 0.3) is 0 Å². The summed E-state index contributed by atoms with van der Waals surface area (Å²) in [6.07, 6.45) is 3.31. The van der Waals surface area contributed by atoms with Gasteiger partial charge < -0.3 is 4.90 Å². The van der Waals surface area contributed by atoms with E-state index in [0.29, 0.717) is 28.4 Å². The van der Waals surface area contributed by atoms with Gasteiger partial charge in [0.1, 0.15) is 5.82 Å². The Hall–Kier alpha value is -3.84. The van der Waals surface area contributed by atoms with E-state index in [4.69, 9.17) is 11.6 Å². The number of urea groups is 1. The number of aromatic nitrogens is 3. The Morgan fingerprint density at radius 3 is 2.55 bits per heavy atom. The van der Waals surface area contributed by atoms with Crippen LogP contribution in [0.15, 0.2) is 73.1 Å². The van der Waals surface area contributed by atoms with E-state index in [1.807, 2.05) is 43.3 Å². The molecule has 0 bridgehead atoms. The number of amides is 2. The first kappa shape index (κ1) is 22.4. The Labute approximate surface area is 196 Å². The average Bonchev–Trinajstić information content (AvgIpc) is 2.79. The van der Waals surface area contributed by atoms with E-state index in [9.17, 15) is 9.18 Å². The molecule has 2 aromatic carbocycles. The molecule has 0 aliphatic carbocycles. The van der Waals surface area contributed by atoms with Gasteiger partial charge in [-0.2, -0.15) is 0 Å². The van der Waals surface area contributed by atoms with Crippen LogP contribution in [0, 0.1) is 12.7 Å². The number of nitrogens with one attached hydrogen (secondary N) is 1. The number of anilines is 1. The molecule has 6 nitrogen and oxygen atoms in total. The molecule has 4 rings (SSSR count). The van der Waals surface area contributed by atoms with Crippen molar-refractivity contribution in [1.29, 1.82) is 0 Å². The largest absolute Gasteiger partial charge is 0.324 e. The van der Waals surface area contributed by atoms with E-state index in [-0.39, 0.29) is 17.8 Å². The van der Waals surface area contributed by atoms with Crippen LogP contribution in [0.4, 0.5) is 15.1 Å². The maximum Gasteiger partial charge on any atom is 0.324 e. The van der Waals surface area contributed by atoms with E-state index < -0.39 is 0 Å². The Kier molecular flexibility index (Phi) is 6.60. The van der Waals surface area contributed by atoms with E-state index >= 15 is 0 Å². The lowest BCUT2D eigenvalue weighted by atomic mass is 9.99. The van der Waals surface area contributed by atoms with Gasteiger partial charge in [-0.3, -0.25) is 10.3 Å². The molecule has 0 aliphatic rings. The molecule has 0 fully saturated rings. The van der Waals surface area contributed by atoms with E-state index in [1.165, 1.54) is 17.0 Å². The van der Waals surface area contributed by atoms with Crippen LogP contribution in [-0.4, -0.2) is 32.9 Å². The number of benzene rings is 2. The van der Waals surface area contributed by atoms with Crippen molar-refractivity contribution in [2.45, 2.75) is 13.5 Å². The lowest BCUT2D eigenvalue weighted by Crippen LogP contribution is -2.31. The summed E-state index contributed by atoms with van der Waals surface area (Å²) in [6.45, 7) is 2.27. The highest BCUT2D eigenvalue weighted by atomic mass is 35.5. The molecule has 8 heteroatoms. The number of carbonyl (C=O) groups is 1. The van der Waals surface area contributed by atoms with Gasteiger partial charge in [0.05, 0.1) is 17.9 Å². The van der Waals surface area contributed by atoms with Gasteiger partial charge in [-0.25, -0.2) is 19.2 Å². The van der Waals surface area contributed by atoms with Crippen molar-refractivity contribution in [3.05, 3.63) is 95.2 Å². The molecule has 0 saturated heterocycles. The number of hydrogen-bond acceptors (Lipinski definition) is 4. The molecule has 0 aliphatic heterocycles. The molecule has 4 aromatic rings. The summed E-state index contributed by atoms with van der Waals surface area (Å²) in [6, 6.07) is 16.8. The van der Waals surface area contributed by atoms with Gasteiger partial charge >= 0.3 is 6.03 Å². The third-order valence-electron chi connectivity index (χ3n) is 4.95. The molecule has 0 saturated carbocycles. The quantitative estimate of drug-likeness (QED) is 0.397. The highest BCUT2D eigenvalue weighted by molar-refractivity contribution is 6.31. The first-order chi connectivity index (χ1) is 15.9. The van der Waals surface area contributed by atoms with E-state index in [0.717, 1.165) is 16.8 Å². The van der Waals surface area contributed by atoms with Gasteiger partial charge in [-0.05, 0) is 66.6 Å². The monoisotopic (exact) mass is 461 g/mol. The maximum atomic E-state index is 13.5. The van der Waals surface area contributed by atoms with Crippen LogP contribution in [0.25, 0.3) is 22.4 Å². The molecule has 2 heterocycles. The number of rotatable bonds is 5. The first-order valence-electron chi connectivity index (χ1n) is 10.2. The van der Waals surface area contributed by atoms with Crippen LogP contribution < -0.4 is 5.32 Å². The van der Waals surface area contributed by atoms with Crippen LogP contribution >= 0.6 is 11.6 Å². The Bertz CT molecular complexity index is 1260. The van der Waals surface area contributed by atoms with Crippen molar-refractivity contribution in [2.75, 3.05) is 12.4 Å². The lowest BCUT2D eigenvalue weighted by molar-refractivity contribution is 0.220. The van der Waals surface area contributed by atoms with Crippen LogP contribution in [0.5, 0.6) is 0 Å².